The lowest BCUT2D eigenvalue weighted by Crippen LogP contribution is -2.29. The normalized spacial score (nSPS) is 12.2. The average Bonchev–Trinajstić information content (AvgIpc) is 3.45. The number of aryl methyl sites for hydroxylation is 1. The molecule has 0 radical (unpaired) electrons. The fraction of sp³-hybridized carbons (Fsp3) is 0.241. The van der Waals surface area contributed by atoms with E-state index >= 15 is 0 Å². The summed E-state index contributed by atoms with van der Waals surface area (Å²) in [5, 5.41) is 4.28. The smallest absolute Gasteiger partial charge is 0.408 e. The van der Waals surface area contributed by atoms with E-state index in [4.69, 9.17) is 4.42 Å². The number of hydrogen-bond acceptors (Lipinski definition) is 4. The van der Waals surface area contributed by atoms with E-state index in [2.05, 4.69) is 51.6 Å². The predicted octanol–water partition coefficient (Wildman–Crippen LogP) is 4.87. The maximum atomic E-state index is 12.8. The number of carbonyl (C=O) groups excluding carboxylic acids is 1. The van der Waals surface area contributed by atoms with Crippen LogP contribution in [0.15, 0.2) is 88.2 Å². The van der Waals surface area contributed by atoms with Gasteiger partial charge in [-0.1, -0.05) is 42.5 Å². The predicted molar refractivity (Wildman–Crippen MR) is 144 cm³/mol. The van der Waals surface area contributed by atoms with Crippen LogP contribution >= 0.6 is 0 Å². The van der Waals surface area contributed by atoms with E-state index in [1.54, 1.807) is 10.6 Å². The molecule has 5 aromatic rings. The zero-order valence-electron chi connectivity index (χ0n) is 20.5. The van der Waals surface area contributed by atoms with Crippen molar-refractivity contribution in [3.8, 4) is 0 Å². The molecule has 184 valence electrons. The number of nitrogens with zero attached hydrogens (tertiary/aromatic N) is 2. The van der Waals surface area contributed by atoms with Gasteiger partial charge >= 0.3 is 5.76 Å². The Morgan fingerprint density at radius 3 is 2.58 bits per heavy atom. The highest BCUT2D eigenvalue weighted by molar-refractivity contribution is 5.84. The van der Waals surface area contributed by atoms with Crippen molar-refractivity contribution in [1.29, 1.82) is 0 Å². The molecule has 2 N–H and O–H groups in total. The van der Waals surface area contributed by atoms with Crippen molar-refractivity contribution in [2.45, 2.75) is 25.3 Å². The fourth-order valence-corrected chi connectivity index (χ4v) is 4.72. The molecule has 0 saturated heterocycles. The van der Waals surface area contributed by atoms with Crippen molar-refractivity contribution < 1.29 is 9.21 Å². The van der Waals surface area contributed by atoms with Crippen LogP contribution in [0.5, 0.6) is 0 Å². The van der Waals surface area contributed by atoms with E-state index in [9.17, 15) is 9.59 Å². The Morgan fingerprint density at radius 2 is 1.78 bits per heavy atom. The van der Waals surface area contributed by atoms with Gasteiger partial charge in [-0.25, -0.2) is 4.79 Å². The average molecular weight is 483 g/mol. The van der Waals surface area contributed by atoms with Crippen LogP contribution in [0.4, 0.5) is 5.69 Å². The van der Waals surface area contributed by atoms with Gasteiger partial charge in [-0.3, -0.25) is 9.36 Å². The monoisotopic (exact) mass is 482 g/mol. The van der Waals surface area contributed by atoms with Crippen LogP contribution in [-0.2, 0) is 11.3 Å². The molecule has 0 saturated carbocycles. The standard InChI is InChI=1S/C29H30N4O3/c1-32(2)21-15-13-20(14-16-21)23(24-19-30-25-9-4-3-8-22(24)25)18-31-28(34)12-7-17-33-26-10-5-6-11-27(26)36-29(33)35/h3-6,8-11,13-16,19,23,30H,7,12,17-18H2,1-2H3,(H,31,34)/t23-/m0/s1. The number of benzene rings is 3. The van der Waals surface area contributed by atoms with Gasteiger partial charge in [0.2, 0.25) is 5.91 Å². The third kappa shape index (κ3) is 4.77. The number of aromatic nitrogens is 2. The fourth-order valence-electron chi connectivity index (χ4n) is 4.72. The molecule has 5 rings (SSSR count). The first-order valence-corrected chi connectivity index (χ1v) is 12.2. The van der Waals surface area contributed by atoms with Gasteiger partial charge in [-0.15, -0.1) is 0 Å². The minimum Gasteiger partial charge on any atom is -0.408 e. The molecule has 0 spiro atoms. The molecule has 3 aromatic carbocycles. The molecule has 2 heterocycles. The highest BCUT2D eigenvalue weighted by atomic mass is 16.4. The van der Waals surface area contributed by atoms with Crippen molar-refractivity contribution in [3.05, 3.63) is 101 Å². The number of para-hydroxylation sites is 3. The number of amides is 1. The summed E-state index contributed by atoms with van der Waals surface area (Å²) in [6.45, 7) is 0.914. The van der Waals surface area contributed by atoms with E-state index < -0.39 is 5.76 Å². The lowest BCUT2D eigenvalue weighted by Gasteiger charge is -2.20. The molecule has 7 nitrogen and oxygen atoms in total. The zero-order valence-corrected chi connectivity index (χ0v) is 20.5. The highest BCUT2D eigenvalue weighted by Gasteiger charge is 2.19. The number of H-pyrrole nitrogens is 1. The van der Waals surface area contributed by atoms with Crippen molar-refractivity contribution in [2.24, 2.45) is 0 Å². The highest BCUT2D eigenvalue weighted by Crippen LogP contribution is 2.31. The van der Waals surface area contributed by atoms with E-state index in [1.165, 1.54) is 0 Å². The van der Waals surface area contributed by atoms with Crippen LogP contribution in [0.1, 0.15) is 29.9 Å². The number of hydrogen-bond donors (Lipinski definition) is 2. The summed E-state index contributed by atoms with van der Waals surface area (Å²) in [5.41, 5.74) is 5.81. The minimum absolute atomic E-state index is 0.00162. The second kappa shape index (κ2) is 10.2. The van der Waals surface area contributed by atoms with Crippen LogP contribution in [0, 0.1) is 0 Å². The Hall–Kier alpha value is -4.26. The number of carbonyl (C=O) groups is 1. The third-order valence-corrected chi connectivity index (χ3v) is 6.67. The van der Waals surface area contributed by atoms with Crippen molar-refractivity contribution in [3.63, 3.8) is 0 Å². The van der Waals surface area contributed by atoms with E-state index in [0.29, 0.717) is 31.5 Å². The maximum Gasteiger partial charge on any atom is 0.419 e. The van der Waals surface area contributed by atoms with E-state index in [0.717, 1.165) is 33.2 Å². The largest absolute Gasteiger partial charge is 0.419 e. The van der Waals surface area contributed by atoms with Gasteiger partial charge in [-0.2, -0.15) is 0 Å². The summed E-state index contributed by atoms with van der Waals surface area (Å²) < 4.78 is 6.87. The van der Waals surface area contributed by atoms with Crippen LogP contribution in [0.3, 0.4) is 0 Å². The second-order valence-electron chi connectivity index (χ2n) is 9.22. The molecule has 0 aliphatic carbocycles. The molecule has 0 bridgehead atoms. The van der Waals surface area contributed by atoms with Crippen LogP contribution < -0.4 is 16.0 Å². The molecule has 1 atom stereocenters. The Kier molecular flexibility index (Phi) is 6.62. The molecule has 0 aliphatic heterocycles. The molecule has 0 fully saturated rings. The van der Waals surface area contributed by atoms with Gasteiger partial charge in [0, 0.05) is 62.3 Å². The summed E-state index contributed by atoms with van der Waals surface area (Å²) in [6, 6.07) is 24.0. The third-order valence-electron chi connectivity index (χ3n) is 6.67. The molecule has 7 heteroatoms. The SMILES string of the molecule is CN(C)c1ccc([C@H](CNC(=O)CCCn2c(=O)oc3ccccc32)c2c[nH]c3ccccc23)cc1. The Balaban J connectivity index is 1.29. The van der Waals surface area contributed by atoms with Gasteiger partial charge in [0.25, 0.3) is 0 Å². The Labute approximate surface area is 209 Å². The first-order chi connectivity index (χ1) is 17.5. The van der Waals surface area contributed by atoms with Gasteiger partial charge in [0.05, 0.1) is 5.52 Å². The summed E-state index contributed by atoms with van der Waals surface area (Å²) in [5.74, 6) is -0.426. The van der Waals surface area contributed by atoms with Crippen molar-refractivity contribution in [2.75, 3.05) is 25.5 Å². The van der Waals surface area contributed by atoms with Gasteiger partial charge in [0.15, 0.2) is 5.58 Å². The molecular formula is C29H30N4O3. The van der Waals surface area contributed by atoms with Gasteiger partial charge in [-0.05, 0) is 47.9 Å². The number of nitrogens with one attached hydrogen (secondary N) is 2. The second-order valence-corrected chi connectivity index (χ2v) is 9.22. The molecule has 2 aromatic heterocycles. The van der Waals surface area contributed by atoms with E-state index in [-0.39, 0.29) is 11.8 Å². The number of anilines is 1. The summed E-state index contributed by atoms with van der Waals surface area (Å²) in [7, 11) is 4.04. The quantitative estimate of drug-likeness (QED) is 0.314. The molecule has 36 heavy (non-hydrogen) atoms. The summed E-state index contributed by atoms with van der Waals surface area (Å²) in [4.78, 5) is 30.4. The van der Waals surface area contributed by atoms with Crippen molar-refractivity contribution >= 4 is 33.6 Å². The molecule has 0 unspecified atom stereocenters. The zero-order chi connectivity index (χ0) is 25.1. The van der Waals surface area contributed by atoms with Crippen LogP contribution in [0.25, 0.3) is 22.0 Å². The summed E-state index contributed by atoms with van der Waals surface area (Å²) >= 11 is 0. The molecular weight excluding hydrogens is 452 g/mol. The van der Waals surface area contributed by atoms with Gasteiger partial charge in [0.1, 0.15) is 0 Å². The van der Waals surface area contributed by atoms with Crippen LogP contribution in [0.2, 0.25) is 0 Å². The molecule has 1 amide bonds. The molecule has 0 aliphatic rings. The van der Waals surface area contributed by atoms with Crippen molar-refractivity contribution in [1.82, 2.24) is 14.9 Å². The number of fused-ring (bicyclic) bond motifs is 2. The topological polar surface area (TPSA) is 83.3 Å². The first-order valence-electron chi connectivity index (χ1n) is 12.2. The Bertz CT molecular complexity index is 1540. The minimum atomic E-state index is -0.392. The number of oxazole rings is 1. The van der Waals surface area contributed by atoms with E-state index in [1.807, 2.05) is 50.6 Å². The number of rotatable bonds is 9. The van der Waals surface area contributed by atoms with Gasteiger partial charge < -0.3 is 19.6 Å². The number of aromatic amines is 1. The lowest BCUT2D eigenvalue weighted by atomic mass is 9.90. The summed E-state index contributed by atoms with van der Waals surface area (Å²) in [6.07, 6.45) is 2.91. The lowest BCUT2D eigenvalue weighted by molar-refractivity contribution is -0.121. The first kappa shape index (κ1) is 23.5. The Morgan fingerprint density at radius 1 is 1.03 bits per heavy atom. The maximum absolute atomic E-state index is 12.8. The van der Waals surface area contributed by atoms with Crippen LogP contribution in [-0.4, -0.2) is 36.1 Å².